The van der Waals surface area contributed by atoms with Gasteiger partial charge < -0.3 is 24.6 Å². The minimum atomic E-state index is -0.408. The Labute approximate surface area is 233 Å². The number of aromatic nitrogens is 2. The number of benzene rings is 1. The highest BCUT2D eigenvalue weighted by Gasteiger charge is 2.37. The van der Waals surface area contributed by atoms with Crippen molar-refractivity contribution in [3.8, 4) is 11.3 Å². The number of amides is 2. The lowest BCUT2D eigenvalue weighted by atomic mass is 10.1. The Morgan fingerprint density at radius 2 is 1.92 bits per heavy atom. The molecule has 0 saturated carbocycles. The van der Waals surface area contributed by atoms with E-state index in [0.717, 1.165) is 35.6 Å². The normalized spacial score (nSPS) is 19.3. The molecule has 2 aliphatic heterocycles. The van der Waals surface area contributed by atoms with Crippen molar-refractivity contribution < 1.29 is 19.1 Å². The minimum Gasteiger partial charge on any atom is -0.448 e. The molecule has 2 aromatic rings. The maximum atomic E-state index is 12.8. The zero-order valence-corrected chi connectivity index (χ0v) is 23.6. The molecule has 0 unspecified atom stereocenters. The summed E-state index contributed by atoms with van der Waals surface area (Å²) >= 11 is 12.6. The van der Waals surface area contributed by atoms with Gasteiger partial charge in [-0.1, -0.05) is 37.0 Å². The molecule has 206 valence electrons. The summed E-state index contributed by atoms with van der Waals surface area (Å²) in [5, 5.41) is 4.60. The second-order valence-electron chi connectivity index (χ2n) is 9.39. The van der Waals surface area contributed by atoms with E-state index in [1.807, 2.05) is 26.8 Å². The van der Waals surface area contributed by atoms with Crippen LogP contribution in [0.15, 0.2) is 18.2 Å². The molecular formula is C27H35Cl2N5O4. The Bertz CT molecular complexity index is 1160. The average molecular weight is 565 g/mol. The molecule has 2 saturated heterocycles. The van der Waals surface area contributed by atoms with Crippen LogP contribution < -0.4 is 5.32 Å². The lowest BCUT2D eigenvalue weighted by molar-refractivity contribution is -0.128. The van der Waals surface area contributed by atoms with Gasteiger partial charge in [0.2, 0.25) is 5.91 Å². The van der Waals surface area contributed by atoms with E-state index in [4.69, 9.17) is 42.6 Å². The summed E-state index contributed by atoms with van der Waals surface area (Å²) in [5.41, 5.74) is 3.15. The minimum absolute atomic E-state index is 0.117. The third kappa shape index (κ3) is 6.50. The van der Waals surface area contributed by atoms with E-state index in [9.17, 15) is 9.59 Å². The maximum Gasteiger partial charge on any atom is 0.409 e. The molecule has 2 amide bonds. The van der Waals surface area contributed by atoms with Gasteiger partial charge in [0.15, 0.2) is 0 Å². The van der Waals surface area contributed by atoms with E-state index in [1.165, 1.54) is 0 Å². The monoisotopic (exact) mass is 563 g/mol. The number of hydrogen-bond acceptors (Lipinski definition) is 7. The summed E-state index contributed by atoms with van der Waals surface area (Å²) in [5.74, 6) is 0.794. The number of anilines is 1. The Hall–Kier alpha value is -2.62. The fraction of sp³-hybridized carbons (Fsp3) is 0.556. The molecule has 3 heterocycles. The molecule has 1 N–H and O–H groups in total. The Morgan fingerprint density at radius 1 is 1.13 bits per heavy atom. The van der Waals surface area contributed by atoms with E-state index >= 15 is 0 Å². The van der Waals surface area contributed by atoms with Gasteiger partial charge in [-0.2, -0.15) is 0 Å². The SMILES string of the molecule is CCO[C@H]1CN(C(=O)OCCN2CCCC2=O)C[C@H]1Nc1nc(CC)c(-c2ccc(Cl)cc2Cl)nc1CC. The third-order valence-electron chi connectivity index (χ3n) is 6.88. The predicted molar refractivity (Wildman–Crippen MR) is 148 cm³/mol. The standard InChI is InChI=1S/C27H35Cl2N5O4/c1-4-20-25(18-10-9-17(28)14-19(18)29)30-21(5-2)26(31-20)32-22-15-34(16-23(22)37-6-3)27(36)38-13-12-33-11-7-8-24(33)35/h9-10,14,22-23H,4-8,11-13,15-16H2,1-3H3,(H,31,32)/t22-,23+/m1/s1. The summed E-state index contributed by atoms with van der Waals surface area (Å²) < 4.78 is 11.5. The fourth-order valence-electron chi connectivity index (χ4n) is 4.91. The second kappa shape index (κ2) is 13.0. The quantitative estimate of drug-likeness (QED) is 0.441. The van der Waals surface area contributed by atoms with Crippen LogP contribution in [-0.2, 0) is 27.1 Å². The molecule has 0 aliphatic carbocycles. The van der Waals surface area contributed by atoms with Crippen LogP contribution in [0.4, 0.5) is 10.6 Å². The van der Waals surface area contributed by atoms with E-state index in [2.05, 4.69) is 5.32 Å². The molecule has 0 spiro atoms. The number of halogens is 2. The molecule has 1 aromatic heterocycles. The second-order valence-corrected chi connectivity index (χ2v) is 10.2. The van der Waals surface area contributed by atoms with Gasteiger partial charge >= 0.3 is 6.09 Å². The molecule has 11 heteroatoms. The average Bonchev–Trinajstić information content (AvgIpc) is 3.50. The van der Waals surface area contributed by atoms with E-state index in [0.29, 0.717) is 61.4 Å². The van der Waals surface area contributed by atoms with Gasteiger partial charge in [-0.25, -0.2) is 14.8 Å². The number of aryl methyl sites for hydroxylation is 2. The van der Waals surface area contributed by atoms with Gasteiger partial charge in [0.1, 0.15) is 12.4 Å². The van der Waals surface area contributed by atoms with Crippen LogP contribution in [0.2, 0.25) is 10.0 Å². The lowest BCUT2D eigenvalue weighted by Gasteiger charge is -2.22. The van der Waals surface area contributed by atoms with Crippen LogP contribution in [-0.4, -0.2) is 83.3 Å². The molecule has 2 fully saturated rings. The summed E-state index contributed by atoms with van der Waals surface area (Å²) in [7, 11) is 0. The zero-order valence-electron chi connectivity index (χ0n) is 22.1. The zero-order chi connectivity index (χ0) is 27.2. The summed E-state index contributed by atoms with van der Waals surface area (Å²) in [6, 6.07) is 5.19. The van der Waals surface area contributed by atoms with Gasteiger partial charge in [0, 0.05) is 36.7 Å². The predicted octanol–water partition coefficient (Wildman–Crippen LogP) is 4.84. The van der Waals surface area contributed by atoms with E-state index in [-0.39, 0.29) is 24.7 Å². The molecule has 4 rings (SSSR count). The molecule has 38 heavy (non-hydrogen) atoms. The number of nitrogens with one attached hydrogen (secondary N) is 1. The number of rotatable bonds is 10. The highest BCUT2D eigenvalue weighted by Crippen LogP contribution is 2.33. The van der Waals surface area contributed by atoms with Crippen molar-refractivity contribution in [1.82, 2.24) is 19.8 Å². The molecular weight excluding hydrogens is 529 g/mol. The fourth-order valence-corrected chi connectivity index (χ4v) is 5.40. The van der Waals surface area contributed by atoms with Crippen LogP contribution in [0.5, 0.6) is 0 Å². The molecule has 9 nitrogen and oxygen atoms in total. The first-order valence-corrected chi connectivity index (χ1v) is 14.0. The summed E-state index contributed by atoms with van der Waals surface area (Å²) in [6.45, 7) is 8.64. The Balaban J connectivity index is 1.48. The number of ether oxygens (including phenoxy) is 2. The molecule has 2 aliphatic rings. The first-order valence-electron chi connectivity index (χ1n) is 13.3. The molecule has 0 bridgehead atoms. The molecule has 1 aromatic carbocycles. The smallest absolute Gasteiger partial charge is 0.409 e. The van der Waals surface area contributed by atoms with Crippen molar-refractivity contribution in [2.75, 3.05) is 44.7 Å². The lowest BCUT2D eigenvalue weighted by Crippen LogP contribution is -2.36. The van der Waals surface area contributed by atoms with E-state index < -0.39 is 6.09 Å². The number of carbonyl (C=O) groups is 2. The summed E-state index contributed by atoms with van der Waals surface area (Å²) in [6.07, 6.45) is 2.11. The van der Waals surface area contributed by atoms with Gasteiger partial charge in [-0.3, -0.25) is 4.79 Å². The van der Waals surface area contributed by atoms with Crippen molar-refractivity contribution in [2.45, 2.75) is 58.6 Å². The van der Waals surface area contributed by atoms with Gasteiger partial charge in [0.25, 0.3) is 0 Å². The first kappa shape index (κ1) is 28.4. The van der Waals surface area contributed by atoms with Crippen molar-refractivity contribution in [1.29, 1.82) is 0 Å². The number of likely N-dealkylation sites (tertiary alicyclic amines) is 2. The third-order valence-corrected chi connectivity index (χ3v) is 7.43. The van der Waals surface area contributed by atoms with Crippen molar-refractivity contribution >= 4 is 41.0 Å². The highest BCUT2D eigenvalue weighted by molar-refractivity contribution is 6.36. The number of carbonyl (C=O) groups excluding carboxylic acids is 2. The maximum absolute atomic E-state index is 12.8. The van der Waals surface area contributed by atoms with Crippen LogP contribution in [0.3, 0.4) is 0 Å². The van der Waals surface area contributed by atoms with Crippen LogP contribution in [0.25, 0.3) is 11.3 Å². The number of hydrogen-bond donors (Lipinski definition) is 1. The first-order chi connectivity index (χ1) is 18.3. The molecule has 2 atom stereocenters. The van der Waals surface area contributed by atoms with Crippen molar-refractivity contribution in [3.05, 3.63) is 39.6 Å². The van der Waals surface area contributed by atoms with Crippen molar-refractivity contribution in [2.24, 2.45) is 0 Å². The van der Waals surface area contributed by atoms with Gasteiger partial charge in [-0.15, -0.1) is 0 Å². The van der Waals surface area contributed by atoms with Crippen LogP contribution in [0, 0.1) is 0 Å². The Morgan fingerprint density at radius 3 is 2.58 bits per heavy atom. The highest BCUT2D eigenvalue weighted by atomic mass is 35.5. The Kier molecular flexibility index (Phi) is 9.68. The number of nitrogens with zero attached hydrogens (tertiary/aromatic N) is 4. The largest absolute Gasteiger partial charge is 0.448 e. The van der Waals surface area contributed by atoms with Gasteiger partial charge in [0.05, 0.1) is 47.3 Å². The van der Waals surface area contributed by atoms with Gasteiger partial charge in [-0.05, 0) is 44.4 Å². The van der Waals surface area contributed by atoms with Crippen LogP contribution in [0.1, 0.15) is 45.0 Å². The van der Waals surface area contributed by atoms with E-state index in [1.54, 1.807) is 21.9 Å². The summed E-state index contributed by atoms with van der Waals surface area (Å²) in [4.78, 5) is 37.9. The van der Waals surface area contributed by atoms with Crippen LogP contribution >= 0.6 is 23.2 Å². The molecule has 0 radical (unpaired) electrons. The topological polar surface area (TPSA) is 96.9 Å². The van der Waals surface area contributed by atoms with Crippen molar-refractivity contribution in [3.63, 3.8) is 0 Å².